The summed E-state index contributed by atoms with van der Waals surface area (Å²) in [5.41, 5.74) is 1.36. The summed E-state index contributed by atoms with van der Waals surface area (Å²) in [6.45, 7) is 2.28. The van der Waals surface area contributed by atoms with Crippen molar-refractivity contribution in [1.82, 2.24) is 9.55 Å². The Morgan fingerprint density at radius 2 is 2.14 bits per heavy atom. The maximum atomic E-state index is 12.6. The number of thiophene rings is 2. The third kappa shape index (κ3) is 3.97. The summed E-state index contributed by atoms with van der Waals surface area (Å²) in [5, 5.41) is 5.82. The van der Waals surface area contributed by atoms with Gasteiger partial charge in [0.15, 0.2) is 0 Å². The SMILES string of the molecule is CCOC(=O)c1c(NC(=O)CCn2cnc3sccc3c2=O)sc2c1CCCC2. The Morgan fingerprint density at radius 1 is 1.31 bits per heavy atom. The third-order valence-electron chi connectivity index (χ3n) is 4.93. The topological polar surface area (TPSA) is 90.3 Å². The van der Waals surface area contributed by atoms with Gasteiger partial charge >= 0.3 is 5.97 Å². The Morgan fingerprint density at radius 3 is 2.97 bits per heavy atom. The summed E-state index contributed by atoms with van der Waals surface area (Å²) in [6.07, 6.45) is 5.46. The second kappa shape index (κ2) is 8.46. The summed E-state index contributed by atoms with van der Waals surface area (Å²) in [4.78, 5) is 43.6. The Hall–Kier alpha value is -2.52. The van der Waals surface area contributed by atoms with Crippen LogP contribution < -0.4 is 10.9 Å². The molecule has 0 aliphatic heterocycles. The number of rotatable bonds is 6. The van der Waals surface area contributed by atoms with Gasteiger partial charge in [-0.15, -0.1) is 22.7 Å². The standard InChI is InChI=1S/C20H21N3O4S2/c1-2-27-20(26)16-12-5-3-4-6-14(12)29-18(16)22-15(24)7-9-23-11-21-17-13(19(23)25)8-10-28-17/h8,10-11H,2-7,9H2,1H3,(H,22,24). The first kappa shape index (κ1) is 19.8. The molecule has 4 rings (SSSR count). The number of aromatic nitrogens is 2. The molecule has 0 atom stereocenters. The first-order valence-electron chi connectivity index (χ1n) is 9.62. The van der Waals surface area contributed by atoms with E-state index in [4.69, 9.17) is 4.74 Å². The molecule has 1 N–H and O–H groups in total. The average Bonchev–Trinajstić information content (AvgIpc) is 3.32. The van der Waals surface area contributed by atoms with Crippen molar-refractivity contribution in [2.75, 3.05) is 11.9 Å². The number of carbonyl (C=O) groups is 2. The van der Waals surface area contributed by atoms with Crippen LogP contribution in [0, 0.1) is 0 Å². The summed E-state index contributed by atoms with van der Waals surface area (Å²) < 4.78 is 6.66. The molecule has 3 aromatic rings. The van der Waals surface area contributed by atoms with Crippen LogP contribution >= 0.6 is 22.7 Å². The van der Waals surface area contributed by atoms with Crippen LogP contribution in [0.15, 0.2) is 22.6 Å². The number of nitrogens with one attached hydrogen (secondary N) is 1. The molecule has 0 saturated heterocycles. The maximum absolute atomic E-state index is 12.6. The number of esters is 1. The van der Waals surface area contributed by atoms with Gasteiger partial charge in [-0.05, 0) is 49.6 Å². The fourth-order valence-electron chi connectivity index (χ4n) is 3.54. The number of ether oxygens (including phenoxy) is 1. The smallest absolute Gasteiger partial charge is 0.341 e. The molecule has 0 bridgehead atoms. The van der Waals surface area contributed by atoms with E-state index in [0.717, 1.165) is 36.1 Å². The van der Waals surface area contributed by atoms with Crippen LogP contribution in [0.4, 0.5) is 5.00 Å². The largest absolute Gasteiger partial charge is 0.462 e. The van der Waals surface area contributed by atoms with Crippen molar-refractivity contribution < 1.29 is 14.3 Å². The molecule has 0 fully saturated rings. The van der Waals surface area contributed by atoms with Crippen molar-refractivity contribution in [1.29, 1.82) is 0 Å². The highest BCUT2D eigenvalue weighted by Crippen LogP contribution is 2.38. The molecule has 9 heteroatoms. The fourth-order valence-corrected chi connectivity index (χ4v) is 5.55. The van der Waals surface area contributed by atoms with Crippen LogP contribution in [-0.2, 0) is 28.9 Å². The number of amides is 1. The second-order valence-corrected chi connectivity index (χ2v) is 8.82. The van der Waals surface area contributed by atoms with E-state index in [1.54, 1.807) is 13.0 Å². The molecular formula is C20H21N3O4S2. The lowest BCUT2D eigenvalue weighted by Crippen LogP contribution is -2.23. The van der Waals surface area contributed by atoms with E-state index in [2.05, 4.69) is 10.3 Å². The molecule has 0 aromatic carbocycles. The van der Waals surface area contributed by atoms with Crippen LogP contribution in [0.5, 0.6) is 0 Å². The third-order valence-corrected chi connectivity index (χ3v) is 6.96. The number of hydrogen-bond donors (Lipinski definition) is 1. The average molecular weight is 432 g/mol. The monoisotopic (exact) mass is 431 g/mol. The highest BCUT2D eigenvalue weighted by molar-refractivity contribution is 7.17. The molecule has 3 heterocycles. The number of nitrogens with zero attached hydrogens (tertiary/aromatic N) is 2. The summed E-state index contributed by atoms with van der Waals surface area (Å²) in [5.74, 6) is -0.628. The highest BCUT2D eigenvalue weighted by atomic mass is 32.1. The van der Waals surface area contributed by atoms with Crippen LogP contribution in [0.3, 0.4) is 0 Å². The molecule has 1 aliphatic carbocycles. The molecule has 29 heavy (non-hydrogen) atoms. The van der Waals surface area contributed by atoms with Crippen molar-refractivity contribution in [3.05, 3.63) is 44.1 Å². The first-order chi connectivity index (χ1) is 14.1. The lowest BCUT2D eigenvalue weighted by Gasteiger charge is -2.12. The molecule has 7 nitrogen and oxygen atoms in total. The van der Waals surface area contributed by atoms with E-state index in [0.29, 0.717) is 20.8 Å². The van der Waals surface area contributed by atoms with Gasteiger partial charge in [-0.1, -0.05) is 0 Å². The predicted octanol–water partition coefficient (Wildman–Crippen LogP) is 3.60. The van der Waals surface area contributed by atoms with Gasteiger partial charge in [-0.3, -0.25) is 14.2 Å². The van der Waals surface area contributed by atoms with Gasteiger partial charge < -0.3 is 10.1 Å². The lowest BCUT2D eigenvalue weighted by atomic mass is 9.95. The van der Waals surface area contributed by atoms with Gasteiger partial charge in [0, 0.05) is 17.8 Å². The number of hydrogen-bond acceptors (Lipinski definition) is 7. The van der Waals surface area contributed by atoms with Crippen molar-refractivity contribution in [3.63, 3.8) is 0 Å². The number of carbonyl (C=O) groups excluding carboxylic acids is 2. The number of fused-ring (bicyclic) bond motifs is 2. The molecule has 0 radical (unpaired) electrons. The minimum absolute atomic E-state index is 0.113. The zero-order valence-electron chi connectivity index (χ0n) is 16.0. The van der Waals surface area contributed by atoms with Gasteiger partial charge in [0.1, 0.15) is 9.83 Å². The van der Waals surface area contributed by atoms with E-state index in [1.165, 1.54) is 33.6 Å². The summed E-state index contributed by atoms with van der Waals surface area (Å²) in [6, 6.07) is 1.74. The van der Waals surface area contributed by atoms with E-state index in [-0.39, 0.29) is 37.0 Å². The van der Waals surface area contributed by atoms with Gasteiger partial charge in [-0.2, -0.15) is 0 Å². The molecule has 1 aliphatic rings. The summed E-state index contributed by atoms with van der Waals surface area (Å²) in [7, 11) is 0. The van der Waals surface area contributed by atoms with Gasteiger partial charge in [0.05, 0.1) is 23.9 Å². The zero-order chi connectivity index (χ0) is 20.4. The van der Waals surface area contributed by atoms with Gasteiger partial charge in [0.25, 0.3) is 5.56 Å². The van der Waals surface area contributed by atoms with Crippen molar-refractivity contribution in [2.45, 2.75) is 45.6 Å². The Bertz CT molecular complexity index is 1130. The van der Waals surface area contributed by atoms with Crippen molar-refractivity contribution in [2.24, 2.45) is 0 Å². The number of anilines is 1. The predicted molar refractivity (Wildman–Crippen MR) is 114 cm³/mol. The molecule has 3 aromatic heterocycles. The van der Waals surface area contributed by atoms with Crippen LogP contribution in [-0.4, -0.2) is 28.0 Å². The highest BCUT2D eigenvalue weighted by Gasteiger charge is 2.27. The first-order valence-corrected chi connectivity index (χ1v) is 11.3. The Kier molecular flexibility index (Phi) is 5.77. The van der Waals surface area contributed by atoms with Crippen molar-refractivity contribution >= 4 is 49.8 Å². The minimum Gasteiger partial charge on any atom is -0.462 e. The second-order valence-electron chi connectivity index (χ2n) is 6.82. The molecule has 1 amide bonds. The minimum atomic E-state index is -0.384. The summed E-state index contributed by atoms with van der Waals surface area (Å²) >= 11 is 2.87. The van der Waals surface area contributed by atoms with E-state index >= 15 is 0 Å². The molecule has 0 saturated carbocycles. The fraction of sp³-hybridized carbons (Fsp3) is 0.400. The normalized spacial score (nSPS) is 13.3. The van der Waals surface area contributed by atoms with Crippen molar-refractivity contribution in [3.8, 4) is 0 Å². The molecular weight excluding hydrogens is 410 g/mol. The number of aryl methyl sites for hydroxylation is 2. The molecule has 152 valence electrons. The lowest BCUT2D eigenvalue weighted by molar-refractivity contribution is -0.116. The van der Waals surface area contributed by atoms with E-state index in [1.807, 2.05) is 5.38 Å². The van der Waals surface area contributed by atoms with Gasteiger partial charge in [0.2, 0.25) is 5.91 Å². The van der Waals surface area contributed by atoms with Gasteiger partial charge in [-0.25, -0.2) is 9.78 Å². The van der Waals surface area contributed by atoms with E-state index in [9.17, 15) is 14.4 Å². The maximum Gasteiger partial charge on any atom is 0.341 e. The zero-order valence-corrected chi connectivity index (χ0v) is 17.7. The van der Waals surface area contributed by atoms with Crippen LogP contribution in [0.25, 0.3) is 10.2 Å². The van der Waals surface area contributed by atoms with E-state index < -0.39 is 0 Å². The van der Waals surface area contributed by atoms with Crippen LogP contribution in [0.1, 0.15) is 47.0 Å². The Labute approximate surface area is 175 Å². The van der Waals surface area contributed by atoms with Crippen LogP contribution in [0.2, 0.25) is 0 Å². The molecule has 0 unspecified atom stereocenters. The molecule has 0 spiro atoms. The quantitative estimate of drug-likeness (QED) is 0.602. The Balaban J connectivity index is 1.50.